The fourth-order valence-electron chi connectivity index (χ4n) is 3.01. The van der Waals surface area contributed by atoms with Gasteiger partial charge in [-0.25, -0.2) is 0 Å². The molecule has 2 amide bonds. The van der Waals surface area contributed by atoms with Crippen molar-refractivity contribution >= 4 is 67.8 Å². The van der Waals surface area contributed by atoms with Gasteiger partial charge in [0, 0.05) is 12.2 Å². The van der Waals surface area contributed by atoms with Gasteiger partial charge in [-0.2, -0.15) is 13.2 Å². The van der Waals surface area contributed by atoms with Gasteiger partial charge < -0.3 is 14.8 Å². The average Bonchev–Trinajstić information content (AvgIpc) is 3.05. The first-order valence-corrected chi connectivity index (χ1v) is 11.9. The zero-order chi connectivity index (χ0) is 25.8. The fraction of sp³-hybridized carbons (Fsp3) is 0.174. The summed E-state index contributed by atoms with van der Waals surface area (Å²) in [6.45, 7) is 3.45. The minimum absolute atomic E-state index is 0.0106. The van der Waals surface area contributed by atoms with Crippen LogP contribution in [0.5, 0.6) is 11.5 Å². The average molecular weight is 587 g/mol. The number of rotatable bonds is 8. The number of nitrogens with zero attached hydrogens (tertiary/aromatic N) is 1. The van der Waals surface area contributed by atoms with Gasteiger partial charge in [-0.1, -0.05) is 36.1 Å². The molecule has 1 aliphatic heterocycles. The number of carbonyl (C=O) groups excluding carboxylic acids is 2. The first-order valence-electron chi connectivity index (χ1n) is 9.87. The summed E-state index contributed by atoms with van der Waals surface area (Å²) in [5, 5.41) is 2.37. The number of thiocarbonyl (C=S) groups is 1. The Morgan fingerprint density at radius 2 is 2.06 bits per heavy atom. The zero-order valence-electron chi connectivity index (χ0n) is 18.1. The third-order valence-corrected chi connectivity index (χ3v) is 6.52. The number of benzene rings is 2. The van der Waals surface area contributed by atoms with Crippen molar-refractivity contribution < 1.29 is 32.2 Å². The van der Waals surface area contributed by atoms with Crippen molar-refractivity contribution in [1.29, 1.82) is 0 Å². The fourth-order valence-corrected chi connectivity index (χ4v) is 4.86. The van der Waals surface area contributed by atoms with Crippen LogP contribution in [0.25, 0.3) is 6.08 Å². The van der Waals surface area contributed by atoms with Crippen LogP contribution in [-0.2, 0) is 15.8 Å². The molecule has 1 aliphatic rings. The normalized spacial score (nSPS) is 14.9. The van der Waals surface area contributed by atoms with E-state index in [0.717, 1.165) is 12.1 Å². The number of anilines is 1. The highest BCUT2D eigenvalue weighted by molar-refractivity contribution is 9.10. The molecule has 0 spiro atoms. The molecule has 6 nitrogen and oxygen atoms in total. The van der Waals surface area contributed by atoms with E-state index < -0.39 is 24.3 Å². The summed E-state index contributed by atoms with van der Waals surface area (Å²) in [6, 6.07) is 7.57. The number of nitrogens with one attached hydrogen (secondary N) is 1. The van der Waals surface area contributed by atoms with Crippen molar-refractivity contribution in [2.75, 3.05) is 25.6 Å². The standard InChI is InChI=1S/C23H18BrF3N2O4S2/c1-3-7-29-21(31)18(35-22(29)34)10-13-8-16(24)20(17(9-13)32-2)33-12-19(30)28-15-6-4-5-14(11-15)23(25,26)27/h3-6,8-11H,1,7,12H2,2H3,(H,28,30)/b18-10-. The van der Waals surface area contributed by atoms with E-state index in [1.54, 1.807) is 24.3 Å². The van der Waals surface area contributed by atoms with Crippen LogP contribution in [0.15, 0.2) is 58.4 Å². The number of carbonyl (C=O) groups is 2. The molecule has 1 saturated heterocycles. The lowest BCUT2D eigenvalue weighted by Crippen LogP contribution is -2.27. The van der Waals surface area contributed by atoms with Crippen LogP contribution in [0.2, 0.25) is 0 Å². The molecule has 0 unspecified atom stereocenters. The maximum Gasteiger partial charge on any atom is 0.416 e. The predicted octanol–water partition coefficient (Wildman–Crippen LogP) is 5.88. The van der Waals surface area contributed by atoms with Crippen LogP contribution in [0.1, 0.15) is 11.1 Å². The zero-order valence-corrected chi connectivity index (χ0v) is 21.4. The Morgan fingerprint density at radius 1 is 1.31 bits per heavy atom. The minimum Gasteiger partial charge on any atom is -0.493 e. The number of hydrogen-bond acceptors (Lipinski definition) is 6. The molecule has 0 atom stereocenters. The van der Waals surface area contributed by atoms with Gasteiger partial charge in [0.05, 0.1) is 22.1 Å². The van der Waals surface area contributed by atoms with Gasteiger partial charge in [0.1, 0.15) is 4.32 Å². The van der Waals surface area contributed by atoms with E-state index in [2.05, 4.69) is 27.8 Å². The highest BCUT2D eigenvalue weighted by atomic mass is 79.9. The molecule has 0 aliphatic carbocycles. The Labute approximate surface area is 217 Å². The maximum absolute atomic E-state index is 12.9. The Balaban J connectivity index is 1.72. The van der Waals surface area contributed by atoms with Gasteiger partial charge in [0.15, 0.2) is 18.1 Å². The van der Waals surface area contributed by atoms with Gasteiger partial charge in [-0.05, 0) is 57.9 Å². The molecule has 1 N–H and O–H groups in total. The van der Waals surface area contributed by atoms with Gasteiger partial charge in [-0.15, -0.1) is 6.58 Å². The molecule has 0 aromatic heterocycles. The number of amides is 2. The van der Waals surface area contributed by atoms with Gasteiger partial charge in [0.2, 0.25) is 0 Å². The van der Waals surface area contributed by atoms with Crippen LogP contribution < -0.4 is 14.8 Å². The Bertz CT molecular complexity index is 1220. The predicted molar refractivity (Wildman–Crippen MR) is 136 cm³/mol. The molecule has 0 saturated carbocycles. The third-order valence-electron chi connectivity index (χ3n) is 4.56. The Hall–Kier alpha value is -2.83. The molecule has 184 valence electrons. The molecule has 12 heteroatoms. The summed E-state index contributed by atoms with van der Waals surface area (Å²) in [7, 11) is 1.41. The summed E-state index contributed by atoms with van der Waals surface area (Å²) in [6.07, 6.45) is -1.29. The van der Waals surface area contributed by atoms with Gasteiger partial charge in [-0.3, -0.25) is 14.5 Å². The van der Waals surface area contributed by atoms with Crippen molar-refractivity contribution in [3.05, 3.63) is 69.6 Å². The van der Waals surface area contributed by atoms with Crippen LogP contribution in [0.4, 0.5) is 18.9 Å². The van der Waals surface area contributed by atoms with Crippen molar-refractivity contribution in [1.82, 2.24) is 4.90 Å². The second-order valence-corrected chi connectivity index (χ2v) is 9.56. The molecule has 3 rings (SSSR count). The Morgan fingerprint density at radius 3 is 2.71 bits per heavy atom. The number of methoxy groups -OCH3 is 1. The van der Waals surface area contributed by atoms with E-state index in [1.807, 2.05) is 0 Å². The lowest BCUT2D eigenvalue weighted by molar-refractivity contribution is -0.137. The molecule has 1 fully saturated rings. The number of ether oxygens (including phenoxy) is 2. The van der Waals surface area contributed by atoms with Crippen molar-refractivity contribution in [2.45, 2.75) is 6.18 Å². The van der Waals surface area contributed by atoms with Crippen molar-refractivity contribution in [3.8, 4) is 11.5 Å². The maximum atomic E-state index is 12.9. The molecular weight excluding hydrogens is 569 g/mol. The second kappa shape index (κ2) is 11.3. The highest BCUT2D eigenvalue weighted by Gasteiger charge is 2.31. The first kappa shape index (κ1) is 26.8. The lowest BCUT2D eigenvalue weighted by Gasteiger charge is -2.14. The van der Waals surface area contributed by atoms with Crippen LogP contribution >= 0.6 is 39.9 Å². The minimum atomic E-state index is -4.52. The molecule has 0 bridgehead atoms. The van der Waals surface area contributed by atoms with E-state index in [4.69, 9.17) is 21.7 Å². The van der Waals surface area contributed by atoms with E-state index >= 15 is 0 Å². The summed E-state index contributed by atoms with van der Waals surface area (Å²) in [5.74, 6) is -0.406. The van der Waals surface area contributed by atoms with Crippen LogP contribution in [0.3, 0.4) is 0 Å². The summed E-state index contributed by atoms with van der Waals surface area (Å²) in [5.41, 5.74) is -0.269. The molecule has 1 heterocycles. The van der Waals surface area contributed by atoms with E-state index in [0.29, 0.717) is 25.8 Å². The van der Waals surface area contributed by atoms with Crippen LogP contribution in [-0.4, -0.2) is 41.3 Å². The summed E-state index contributed by atoms with van der Waals surface area (Å²) >= 11 is 9.77. The van der Waals surface area contributed by atoms with Gasteiger partial charge >= 0.3 is 6.18 Å². The van der Waals surface area contributed by atoms with Gasteiger partial charge in [0.25, 0.3) is 11.8 Å². The molecule has 2 aromatic carbocycles. The SMILES string of the molecule is C=CCN1C(=O)/C(=C/c2cc(Br)c(OCC(=O)Nc3cccc(C(F)(F)F)c3)c(OC)c2)SC1=S. The summed E-state index contributed by atoms with van der Waals surface area (Å²) in [4.78, 5) is 26.7. The van der Waals surface area contributed by atoms with Crippen LogP contribution in [0, 0.1) is 0 Å². The molecule has 0 radical (unpaired) electrons. The first-order chi connectivity index (χ1) is 16.5. The van der Waals surface area contributed by atoms with E-state index in [1.165, 1.54) is 35.9 Å². The van der Waals surface area contributed by atoms with Crippen molar-refractivity contribution in [2.24, 2.45) is 0 Å². The number of hydrogen-bond donors (Lipinski definition) is 1. The quantitative estimate of drug-likeness (QED) is 0.237. The third kappa shape index (κ3) is 6.65. The van der Waals surface area contributed by atoms with E-state index in [-0.39, 0.29) is 23.1 Å². The summed E-state index contributed by atoms with van der Waals surface area (Å²) < 4.78 is 50.4. The second-order valence-electron chi connectivity index (χ2n) is 7.03. The van der Waals surface area contributed by atoms with E-state index in [9.17, 15) is 22.8 Å². The number of alkyl halides is 3. The Kier molecular flexibility index (Phi) is 8.62. The van der Waals surface area contributed by atoms with Crippen molar-refractivity contribution in [3.63, 3.8) is 0 Å². The highest BCUT2D eigenvalue weighted by Crippen LogP contribution is 2.39. The number of halogens is 4. The molecule has 35 heavy (non-hydrogen) atoms. The molecular formula is C23H18BrF3N2O4S2. The smallest absolute Gasteiger partial charge is 0.416 e. The largest absolute Gasteiger partial charge is 0.493 e. The lowest BCUT2D eigenvalue weighted by atomic mass is 10.2. The topological polar surface area (TPSA) is 67.9 Å². The monoisotopic (exact) mass is 586 g/mol. The molecule has 2 aromatic rings. The number of thioether (sulfide) groups is 1.